The van der Waals surface area contributed by atoms with Crippen molar-refractivity contribution in [1.29, 1.82) is 0 Å². The number of hydrogen-bond acceptors (Lipinski definition) is 6. The van der Waals surface area contributed by atoms with Crippen molar-refractivity contribution in [3.8, 4) is 0 Å². The van der Waals surface area contributed by atoms with Crippen molar-refractivity contribution in [2.45, 2.75) is 24.6 Å². The van der Waals surface area contributed by atoms with Crippen molar-refractivity contribution in [3.05, 3.63) is 46.9 Å². The van der Waals surface area contributed by atoms with Gasteiger partial charge >= 0.3 is 12.1 Å². The van der Waals surface area contributed by atoms with Gasteiger partial charge in [-0.1, -0.05) is 0 Å². The molecule has 2 aliphatic rings. The number of hydrogen-bond donors (Lipinski definition) is 1. The number of aromatic nitrogens is 1. The van der Waals surface area contributed by atoms with Crippen LogP contribution in [0, 0.1) is 0 Å². The number of morpholine rings is 1. The molecule has 1 spiro atoms. The molecule has 11 heteroatoms. The Morgan fingerprint density at radius 1 is 1.23 bits per heavy atom. The summed E-state index contributed by atoms with van der Waals surface area (Å²) in [5, 5.41) is 11.0. The average Bonchev–Trinajstić information content (AvgIpc) is 3.29. The summed E-state index contributed by atoms with van der Waals surface area (Å²) in [4.78, 5) is 30.1. The van der Waals surface area contributed by atoms with Crippen molar-refractivity contribution in [3.63, 3.8) is 0 Å². The Morgan fingerprint density at radius 3 is 2.61 bits per heavy atom. The van der Waals surface area contributed by atoms with Gasteiger partial charge in [0.05, 0.1) is 30.6 Å². The first-order chi connectivity index (χ1) is 14.7. The van der Waals surface area contributed by atoms with Gasteiger partial charge in [0, 0.05) is 31.2 Å². The van der Waals surface area contributed by atoms with E-state index in [1.54, 1.807) is 17.5 Å². The molecule has 0 aromatic carbocycles. The lowest BCUT2D eigenvalue weighted by atomic mass is 9.90. The van der Waals surface area contributed by atoms with Crippen LogP contribution in [-0.2, 0) is 9.53 Å². The number of carbonyl (C=O) groups is 2. The first-order valence-corrected chi connectivity index (χ1v) is 10.5. The number of carboxylic acids is 1. The van der Waals surface area contributed by atoms with Gasteiger partial charge in [0.1, 0.15) is 5.60 Å². The van der Waals surface area contributed by atoms with Crippen LogP contribution in [-0.4, -0.2) is 71.4 Å². The second-order valence-electron chi connectivity index (χ2n) is 7.31. The summed E-state index contributed by atoms with van der Waals surface area (Å²) in [6, 6.07) is 5.95. The van der Waals surface area contributed by atoms with Gasteiger partial charge in [0.15, 0.2) is 0 Å². The Morgan fingerprint density at radius 2 is 2.00 bits per heavy atom. The molecule has 1 unspecified atom stereocenters. The Balaban J connectivity index is 0.000000339. The van der Waals surface area contributed by atoms with Crippen LogP contribution in [0.4, 0.5) is 18.9 Å². The van der Waals surface area contributed by atoms with E-state index >= 15 is 0 Å². The highest BCUT2D eigenvalue weighted by atomic mass is 32.1. The smallest absolute Gasteiger partial charge is 0.475 e. The van der Waals surface area contributed by atoms with Crippen LogP contribution in [0.25, 0.3) is 0 Å². The molecular formula is C20H22F3N3O4S. The zero-order valence-electron chi connectivity index (χ0n) is 16.5. The summed E-state index contributed by atoms with van der Waals surface area (Å²) >= 11 is 1.56. The number of anilines is 1. The monoisotopic (exact) mass is 457 g/mol. The van der Waals surface area contributed by atoms with Gasteiger partial charge in [-0.2, -0.15) is 24.5 Å². The fourth-order valence-electron chi connectivity index (χ4n) is 3.69. The zero-order chi connectivity index (χ0) is 22.5. The Labute approximate surface area is 181 Å². The SMILES string of the molecule is O=C(O)C(F)(F)F.O=C(c1ccsc1)N1CCOC2(CCCN(c3cccnc3)C2)C1. The van der Waals surface area contributed by atoms with Crippen LogP contribution >= 0.6 is 11.3 Å². The van der Waals surface area contributed by atoms with Crippen molar-refractivity contribution in [2.75, 3.05) is 37.7 Å². The number of amides is 1. The molecular weight excluding hydrogens is 435 g/mol. The average molecular weight is 457 g/mol. The van der Waals surface area contributed by atoms with E-state index in [-0.39, 0.29) is 11.5 Å². The van der Waals surface area contributed by atoms with E-state index in [9.17, 15) is 18.0 Å². The number of aliphatic carboxylic acids is 1. The Bertz CT molecular complexity index is 876. The van der Waals surface area contributed by atoms with E-state index in [1.807, 2.05) is 34.0 Å². The van der Waals surface area contributed by atoms with Crippen molar-refractivity contribution < 1.29 is 32.6 Å². The van der Waals surface area contributed by atoms with E-state index in [0.29, 0.717) is 19.7 Å². The molecule has 0 aliphatic carbocycles. The number of piperidine rings is 1. The first-order valence-electron chi connectivity index (χ1n) is 9.61. The lowest BCUT2D eigenvalue weighted by molar-refractivity contribution is -0.192. The third-order valence-corrected chi connectivity index (χ3v) is 5.78. The minimum atomic E-state index is -5.08. The van der Waals surface area contributed by atoms with Crippen LogP contribution in [0.1, 0.15) is 23.2 Å². The third kappa shape index (κ3) is 5.95. The summed E-state index contributed by atoms with van der Waals surface area (Å²) in [6.07, 6.45) is 0.671. The van der Waals surface area contributed by atoms with Gasteiger partial charge in [0.25, 0.3) is 5.91 Å². The second-order valence-corrected chi connectivity index (χ2v) is 8.09. The highest BCUT2D eigenvalue weighted by molar-refractivity contribution is 7.08. The van der Waals surface area contributed by atoms with E-state index in [2.05, 4.69) is 16.0 Å². The number of halogens is 3. The van der Waals surface area contributed by atoms with E-state index in [1.165, 1.54) is 0 Å². The summed E-state index contributed by atoms with van der Waals surface area (Å²) < 4.78 is 37.9. The maximum Gasteiger partial charge on any atom is 0.490 e. The molecule has 31 heavy (non-hydrogen) atoms. The minimum absolute atomic E-state index is 0.123. The molecule has 1 amide bonds. The molecule has 168 valence electrons. The Kier molecular flexibility index (Phi) is 7.16. The van der Waals surface area contributed by atoms with Crippen LogP contribution < -0.4 is 4.90 Å². The summed E-state index contributed by atoms with van der Waals surface area (Å²) in [5.74, 6) is -2.63. The molecule has 4 heterocycles. The van der Waals surface area contributed by atoms with Gasteiger partial charge < -0.3 is 19.6 Å². The van der Waals surface area contributed by atoms with Gasteiger partial charge in [-0.15, -0.1) is 0 Å². The predicted molar refractivity (Wildman–Crippen MR) is 108 cm³/mol. The molecule has 2 aromatic rings. The topological polar surface area (TPSA) is 83.0 Å². The molecule has 7 nitrogen and oxygen atoms in total. The van der Waals surface area contributed by atoms with Gasteiger partial charge in [-0.3, -0.25) is 9.78 Å². The fraction of sp³-hybridized carbons (Fsp3) is 0.450. The molecule has 2 fully saturated rings. The van der Waals surface area contributed by atoms with Crippen molar-refractivity contribution >= 4 is 28.9 Å². The molecule has 2 aliphatic heterocycles. The predicted octanol–water partition coefficient (Wildman–Crippen LogP) is 3.29. The number of ether oxygens (including phenoxy) is 1. The zero-order valence-corrected chi connectivity index (χ0v) is 17.4. The molecule has 0 saturated carbocycles. The number of carboxylic acid groups (broad SMARTS) is 1. The summed E-state index contributed by atoms with van der Waals surface area (Å²) in [7, 11) is 0. The normalized spacial score (nSPS) is 21.4. The maximum atomic E-state index is 12.7. The first kappa shape index (κ1) is 23.0. The standard InChI is InChI=1S/C18H21N3O2S.C2HF3O2/c22-17(15-4-10-24-12-15)21-8-9-23-18(14-21)5-2-7-20(13-18)16-3-1-6-19-11-16;3-2(4,5)1(6)7/h1,3-4,6,10-12H,2,5,7-9,13-14H2;(H,6,7). The quantitative estimate of drug-likeness (QED) is 0.745. The molecule has 0 bridgehead atoms. The highest BCUT2D eigenvalue weighted by Crippen LogP contribution is 2.32. The van der Waals surface area contributed by atoms with Gasteiger partial charge in [-0.05, 0) is 36.4 Å². The van der Waals surface area contributed by atoms with Crippen LogP contribution in [0.15, 0.2) is 41.4 Å². The molecule has 4 rings (SSSR count). The van der Waals surface area contributed by atoms with Crippen LogP contribution in [0.5, 0.6) is 0 Å². The fourth-order valence-corrected chi connectivity index (χ4v) is 4.32. The van der Waals surface area contributed by atoms with E-state index in [0.717, 1.165) is 37.2 Å². The van der Waals surface area contributed by atoms with E-state index < -0.39 is 12.1 Å². The molecule has 2 saturated heterocycles. The molecule has 2 aromatic heterocycles. The lowest BCUT2D eigenvalue weighted by Gasteiger charge is -2.48. The number of pyridine rings is 1. The number of alkyl halides is 3. The number of thiophene rings is 1. The van der Waals surface area contributed by atoms with Gasteiger partial charge in [0.2, 0.25) is 0 Å². The van der Waals surface area contributed by atoms with Crippen molar-refractivity contribution in [1.82, 2.24) is 9.88 Å². The largest absolute Gasteiger partial charge is 0.490 e. The molecule has 1 N–H and O–H groups in total. The number of nitrogens with zero attached hydrogens (tertiary/aromatic N) is 3. The van der Waals surface area contributed by atoms with E-state index in [4.69, 9.17) is 14.6 Å². The summed E-state index contributed by atoms with van der Waals surface area (Å²) in [5.41, 5.74) is 1.65. The Hall–Kier alpha value is -2.66. The number of carbonyl (C=O) groups excluding carboxylic acids is 1. The van der Waals surface area contributed by atoms with Crippen LogP contribution in [0.3, 0.4) is 0 Å². The summed E-state index contributed by atoms with van der Waals surface area (Å²) in [6.45, 7) is 3.76. The third-order valence-electron chi connectivity index (χ3n) is 5.10. The molecule has 0 radical (unpaired) electrons. The van der Waals surface area contributed by atoms with Crippen LogP contribution in [0.2, 0.25) is 0 Å². The van der Waals surface area contributed by atoms with Crippen molar-refractivity contribution in [2.24, 2.45) is 0 Å². The molecule has 1 atom stereocenters. The van der Waals surface area contributed by atoms with Gasteiger partial charge in [-0.25, -0.2) is 4.79 Å². The lowest BCUT2D eigenvalue weighted by Crippen LogP contribution is -2.60. The highest BCUT2D eigenvalue weighted by Gasteiger charge is 2.42. The minimum Gasteiger partial charge on any atom is -0.475 e. The number of rotatable bonds is 2. The second kappa shape index (κ2) is 9.65. The maximum absolute atomic E-state index is 12.7.